The Bertz CT molecular complexity index is 603. The van der Waals surface area contributed by atoms with Gasteiger partial charge in [-0.25, -0.2) is 9.97 Å². The molecule has 2 rings (SSSR count). The fourth-order valence-electron chi connectivity index (χ4n) is 1.58. The monoisotopic (exact) mass is 308 g/mol. The summed E-state index contributed by atoms with van der Waals surface area (Å²) in [6, 6.07) is 7.17. The fraction of sp³-hybridized carbons (Fsp3) is 0.0909. The van der Waals surface area contributed by atoms with E-state index in [4.69, 9.17) is 0 Å². The summed E-state index contributed by atoms with van der Waals surface area (Å²) in [5.74, 6) is 0.199. The molecule has 7 heteroatoms. The lowest BCUT2D eigenvalue weighted by Crippen LogP contribution is -2.02. The predicted octanol–water partition coefficient (Wildman–Crippen LogP) is 2.86. The van der Waals surface area contributed by atoms with E-state index in [1.54, 1.807) is 25.2 Å². The van der Waals surface area contributed by atoms with E-state index in [1.165, 1.54) is 6.33 Å². The number of hydrogen-bond donors (Lipinski definition) is 1. The smallest absolute Gasteiger partial charge is 0.337 e. The molecule has 1 aromatic heterocycles. The van der Waals surface area contributed by atoms with Crippen LogP contribution in [-0.2, 0) is 0 Å². The van der Waals surface area contributed by atoms with Gasteiger partial charge < -0.3 is 5.32 Å². The van der Waals surface area contributed by atoms with Gasteiger partial charge in [0.15, 0.2) is 5.69 Å². The number of hydrogen-bond acceptors (Lipinski definition) is 5. The van der Waals surface area contributed by atoms with Crippen LogP contribution in [0.5, 0.6) is 0 Å². The molecule has 0 unspecified atom stereocenters. The Kier molecular flexibility index (Phi) is 3.52. The van der Waals surface area contributed by atoms with Gasteiger partial charge in [0.1, 0.15) is 6.33 Å². The van der Waals surface area contributed by atoms with Gasteiger partial charge >= 0.3 is 5.69 Å². The molecule has 0 saturated heterocycles. The molecule has 0 aliphatic rings. The highest BCUT2D eigenvalue weighted by Gasteiger charge is 2.23. The van der Waals surface area contributed by atoms with Gasteiger partial charge in [-0.15, -0.1) is 0 Å². The quantitative estimate of drug-likeness (QED) is 0.696. The first kappa shape index (κ1) is 12.4. The van der Waals surface area contributed by atoms with Crippen molar-refractivity contribution in [2.75, 3.05) is 12.4 Å². The number of halogens is 1. The van der Waals surface area contributed by atoms with E-state index in [-0.39, 0.29) is 11.5 Å². The number of aromatic nitrogens is 2. The van der Waals surface area contributed by atoms with Gasteiger partial charge in [0, 0.05) is 17.1 Å². The Morgan fingerprint density at radius 2 is 2.17 bits per heavy atom. The van der Waals surface area contributed by atoms with Crippen molar-refractivity contribution >= 4 is 27.4 Å². The minimum Gasteiger partial charge on any atom is -0.367 e. The van der Waals surface area contributed by atoms with E-state index in [2.05, 4.69) is 31.2 Å². The van der Waals surface area contributed by atoms with Crippen molar-refractivity contribution in [3.8, 4) is 11.3 Å². The van der Waals surface area contributed by atoms with Crippen LogP contribution in [-0.4, -0.2) is 21.9 Å². The number of nitrogens with zero attached hydrogens (tertiary/aromatic N) is 3. The molecule has 0 amide bonds. The highest BCUT2D eigenvalue weighted by atomic mass is 79.9. The lowest BCUT2D eigenvalue weighted by molar-refractivity contribution is -0.383. The average Bonchev–Trinajstić information content (AvgIpc) is 2.37. The van der Waals surface area contributed by atoms with E-state index >= 15 is 0 Å². The molecule has 0 fully saturated rings. The van der Waals surface area contributed by atoms with E-state index in [9.17, 15) is 10.1 Å². The van der Waals surface area contributed by atoms with E-state index in [1.807, 2.05) is 6.07 Å². The minimum atomic E-state index is -0.484. The number of nitrogens with one attached hydrogen (secondary N) is 1. The second-order valence-electron chi connectivity index (χ2n) is 3.44. The van der Waals surface area contributed by atoms with Crippen LogP contribution in [0.4, 0.5) is 11.5 Å². The SMILES string of the molecule is CNc1ncnc(-c2cccc(Br)c2)c1[N+](=O)[O-]. The lowest BCUT2D eigenvalue weighted by Gasteiger charge is -2.06. The normalized spacial score (nSPS) is 10.1. The van der Waals surface area contributed by atoms with Crippen LogP contribution in [0.15, 0.2) is 35.1 Å². The molecule has 0 spiro atoms. The van der Waals surface area contributed by atoms with Crippen molar-refractivity contribution in [3.05, 3.63) is 45.2 Å². The molecule has 0 aliphatic carbocycles. The maximum absolute atomic E-state index is 11.1. The number of benzene rings is 1. The fourth-order valence-corrected chi connectivity index (χ4v) is 1.98. The molecule has 0 atom stereocenters. The molecule has 2 aromatic rings. The summed E-state index contributed by atoms with van der Waals surface area (Å²) in [5.41, 5.74) is 0.828. The van der Waals surface area contributed by atoms with Gasteiger partial charge in [0.25, 0.3) is 0 Å². The molecule has 0 aliphatic heterocycles. The zero-order chi connectivity index (χ0) is 13.1. The number of rotatable bonds is 3. The summed E-state index contributed by atoms with van der Waals surface area (Å²) in [4.78, 5) is 18.5. The van der Waals surface area contributed by atoms with Crippen LogP contribution >= 0.6 is 15.9 Å². The van der Waals surface area contributed by atoms with Crippen molar-refractivity contribution in [2.24, 2.45) is 0 Å². The summed E-state index contributed by atoms with van der Waals surface area (Å²) >= 11 is 3.33. The highest BCUT2D eigenvalue weighted by Crippen LogP contribution is 2.33. The zero-order valence-electron chi connectivity index (χ0n) is 9.42. The summed E-state index contributed by atoms with van der Waals surface area (Å²) in [6.45, 7) is 0. The molecule has 1 aromatic carbocycles. The van der Waals surface area contributed by atoms with E-state index in [0.717, 1.165) is 4.47 Å². The van der Waals surface area contributed by atoms with Crippen molar-refractivity contribution in [3.63, 3.8) is 0 Å². The van der Waals surface area contributed by atoms with Crippen molar-refractivity contribution in [1.82, 2.24) is 9.97 Å². The van der Waals surface area contributed by atoms with Crippen LogP contribution in [0.2, 0.25) is 0 Å². The Balaban J connectivity index is 2.67. The largest absolute Gasteiger partial charge is 0.367 e. The first-order valence-corrected chi connectivity index (χ1v) is 5.86. The van der Waals surface area contributed by atoms with Crippen molar-refractivity contribution in [1.29, 1.82) is 0 Å². The molecule has 0 saturated carbocycles. The van der Waals surface area contributed by atoms with Crippen molar-refractivity contribution < 1.29 is 4.92 Å². The Hall–Kier alpha value is -2.02. The predicted molar refractivity (Wildman–Crippen MR) is 71.4 cm³/mol. The zero-order valence-corrected chi connectivity index (χ0v) is 11.0. The molecule has 0 radical (unpaired) electrons. The first-order chi connectivity index (χ1) is 8.63. The molecule has 92 valence electrons. The van der Waals surface area contributed by atoms with Gasteiger partial charge in [-0.2, -0.15) is 0 Å². The van der Waals surface area contributed by atoms with Gasteiger partial charge in [-0.3, -0.25) is 10.1 Å². The third-order valence-corrected chi connectivity index (χ3v) is 2.83. The van der Waals surface area contributed by atoms with Gasteiger partial charge in [-0.1, -0.05) is 28.1 Å². The maximum Gasteiger partial charge on any atom is 0.337 e. The molecule has 1 heterocycles. The summed E-state index contributed by atoms with van der Waals surface area (Å²) in [7, 11) is 1.58. The molecular formula is C11H9BrN4O2. The van der Waals surface area contributed by atoms with E-state index in [0.29, 0.717) is 11.3 Å². The average molecular weight is 309 g/mol. The molecule has 18 heavy (non-hydrogen) atoms. The molecular weight excluding hydrogens is 300 g/mol. The Labute approximate surface area is 111 Å². The van der Waals surface area contributed by atoms with Gasteiger partial charge in [0.2, 0.25) is 5.82 Å². The Morgan fingerprint density at radius 1 is 1.39 bits per heavy atom. The third kappa shape index (κ3) is 2.30. The maximum atomic E-state index is 11.1. The highest BCUT2D eigenvalue weighted by molar-refractivity contribution is 9.10. The first-order valence-electron chi connectivity index (χ1n) is 5.06. The second-order valence-corrected chi connectivity index (χ2v) is 4.35. The van der Waals surface area contributed by atoms with E-state index < -0.39 is 4.92 Å². The topological polar surface area (TPSA) is 81.0 Å². The van der Waals surface area contributed by atoms with Gasteiger partial charge in [-0.05, 0) is 12.1 Å². The summed E-state index contributed by atoms with van der Waals surface area (Å²) in [5, 5.41) is 13.8. The van der Waals surface area contributed by atoms with Crippen LogP contribution in [0.25, 0.3) is 11.3 Å². The number of nitro groups is 1. The van der Waals surface area contributed by atoms with Crippen molar-refractivity contribution in [2.45, 2.75) is 0 Å². The second kappa shape index (κ2) is 5.09. The summed E-state index contributed by atoms with van der Waals surface area (Å²) in [6.07, 6.45) is 1.30. The van der Waals surface area contributed by atoms with Crippen LogP contribution in [0.3, 0.4) is 0 Å². The Morgan fingerprint density at radius 3 is 2.78 bits per heavy atom. The lowest BCUT2D eigenvalue weighted by atomic mass is 10.1. The van der Waals surface area contributed by atoms with Crippen LogP contribution < -0.4 is 5.32 Å². The summed E-state index contributed by atoms with van der Waals surface area (Å²) < 4.78 is 0.832. The van der Waals surface area contributed by atoms with Crippen LogP contribution in [0, 0.1) is 10.1 Å². The number of anilines is 1. The molecule has 0 bridgehead atoms. The van der Waals surface area contributed by atoms with Crippen LogP contribution in [0.1, 0.15) is 0 Å². The van der Waals surface area contributed by atoms with Gasteiger partial charge in [0.05, 0.1) is 4.92 Å². The molecule has 1 N–H and O–H groups in total. The minimum absolute atomic E-state index is 0.127. The standard InChI is InChI=1S/C11H9BrN4O2/c1-13-11-10(16(17)18)9(14-6-15-11)7-3-2-4-8(12)5-7/h2-6H,1H3,(H,13,14,15). The third-order valence-electron chi connectivity index (χ3n) is 2.34. The molecule has 6 nitrogen and oxygen atoms in total.